The van der Waals surface area contributed by atoms with Crippen molar-refractivity contribution < 1.29 is 9.59 Å². The second-order valence-electron chi connectivity index (χ2n) is 4.62. The molecule has 0 radical (unpaired) electrons. The highest BCUT2D eigenvalue weighted by Crippen LogP contribution is 2.41. The summed E-state index contributed by atoms with van der Waals surface area (Å²) in [7, 11) is 0. The Kier molecular flexibility index (Phi) is 2.01. The quantitative estimate of drug-likeness (QED) is 0.462. The lowest BCUT2D eigenvalue weighted by molar-refractivity contribution is 0.0825. The minimum atomic E-state index is -0.413. The normalized spacial score (nSPS) is 13.7. The summed E-state index contributed by atoms with van der Waals surface area (Å²) in [5, 5.41) is 3.76. The third-order valence-electron chi connectivity index (χ3n) is 3.67. The van der Waals surface area contributed by atoms with E-state index in [1.54, 1.807) is 6.07 Å². The van der Waals surface area contributed by atoms with E-state index in [1.165, 1.54) is 0 Å². The van der Waals surface area contributed by atoms with Crippen LogP contribution in [0.15, 0.2) is 46.9 Å². The Labute approximate surface area is 117 Å². The fourth-order valence-electron chi connectivity index (χ4n) is 2.84. The van der Waals surface area contributed by atoms with E-state index >= 15 is 0 Å². The molecule has 4 rings (SSSR count). The van der Waals surface area contributed by atoms with Gasteiger partial charge in [0.1, 0.15) is 0 Å². The van der Waals surface area contributed by atoms with Crippen molar-refractivity contribution in [1.29, 1.82) is 0 Å². The maximum absolute atomic E-state index is 12.2. The molecule has 2 nitrogen and oxygen atoms in total. The van der Waals surface area contributed by atoms with Gasteiger partial charge in [-0.1, -0.05) is 42.5 Å². The fourth-order valence-corrected chi connectivity index (χ4v) is 3.56. The van der Waals surface area contributed by atoms with Gasteiger partial charge in [0.2, 0.25) is 11.6 Å². The van der Waals surface area contributed by atoms with Crippen molar-refractivity contribution in [2.45, 2.75) is 0 Å². The van der Waals surface area contributed by atoms with Crippen LogP contribution in [0, 0.1) is 0 Å². The zero-order chi connectivity index (χ0) is 13.1. The molecular formula is C16H7BrO2. The summed E-state index contributed by atoms with van der Waals surface area (Å²) >= 11 is 3.49. The van der Waals surface area contributed by atoms with Crippen LogP contribution >= 0.6 is 15.9 Å². The number of halogens is 1. The number of carbonyl (C=O) groups is 2. The zero-order valence-electron chi connectivity index (χ0n) is 9.74. The molecule has 0 aromatic heterocycles. The predicted octanol–water partition coefficient (Wildman–Crippen LogP) is 4.13. The van der Waals surface area contributed by atoms with Gasteiger partial charge in [-0.3, -0.25) is 9.59 Å². The number of Topliss-reactive ketones (excluding diaryl/α,β-unsaturated/α-hetero) is 2. The molecule has 0 unspecified atom stereocenters. The molecule has 1 aliphatic carbocycles. The highest BCUT2D eigenvalue weighted by atomic mass is 79.9. The molecule has 0 fully saturated rings. The van der Waals surface area contributed by atoms with Crippen molar-refractivity contribution in [3.8, 4) is 0 Å². The van der Waals surface area contributed by atoms with Crippen molar-refractivity contribution in [2.24, 2.45) is 0 Å². The lowest BCUT2D eigenvalue weighted by atomic mass is 9.98. The first-order chi connectivity index (χ1) is 9.20. The molecule has 0 atom stereocenters. The van der Waals surface area contributed by atoms with E-state index in [4.69, 9.17) is 0 Å². The van der Waals surface area contributed by atoms with Crippen LogP contribution in [0.4, 0.5) is 0 Å². The molecule has 1 aliphatic rings. The summed E-state index contributed by atoms with van der Waals surface area (Å²) in [5.41, 5.74) is 1.03. The van der Waals surface area contributed by atoms with E-state index in [0.29, 0.717) is 11.1 Å². The van der Waals surface area contributed by atoms with Gasteiger partial charge in [0.25, 0.3) is 0 Å². The van der Waals surface area contributed by atoms with Gasteiger partial charge in [-0.05, 0) is 32.1 Å². The Hall–Kier alpha value is -2.00. The minimum Gasteiger partial charge on any atom is -0.285 e. The van der Waals surface area contributed by atoms with Gasteiger partial charge >= 0.3 is 0 Å². The van der Waals surface area contributed by atoms with Crippen molar-refractivity contribution in [3.05, 3.63) is 58.1 Å². The maximum atomic E-state index is 12.2. The van der Waals surface area contributed by atoms with Crippen LogP contribution in [0.5, 0.6) is 0 Å². The monoisotopic (exact) mass is 310 g/mol. The zero-order valence-corrected chi connectivity index (χ0v) is 11.3. The summed E-state index contributed by atoms with van der Waals surface area (Å²) in [4.78, 5) is 24.2. The number of ketones is 2. The molecular weight excluding hydrogens is 304 g/mol. The molecule has 0 spiro atoms. The molecule has 0 heterocycles. The molecule has 19 heavy (non-hydrogen) atoms. The Morgan fingerprint density at radius 1 is 0.737 bits per heavy atom. The van der Waals surface area contributed by atoms with E-state index in [9.17, 15) is 9.59 Å². The highest BCUT2D eigenvalue weighted by Gasteiger charge is 2.33. The van der Waals surface area contributed by atoms with Crippen molar-refractivity contribution in [3.63, 3.8) is 0 Å². The summed E-state index contributed by atoms with van der Waals surface area (Å²) < 4.78 is 0.721. The van der Waals surface area contributed by atoms with Gasteiger partial charge in [0.15, 0.2) is 0 Å². The van der Waals surface area contributed by atoms with Crippen molar-refractivity contribution >= 4 is 49.0 Å². The molecule has 0 saturated heterocycles. The second kappa shape index (κ2) is 3.52. The lowest BCUT2D eigenvalue weighted by Gasteiger charge is -2.08. The molecule has 0 saturated carbocycles. The molecule has 90 valence electrons. The third kappa shape index (κ3) is 1.21. The van der Waals surface area contributed by atoms with Gasteiger partial charge in [-0.25, -0.2) is 0 Å². The maximum Gasteiger partial charge on any atom is 0.235 e. The van der Waals surface area contributed by atoms with Gasteiger partial charge in [0, 0.05) is 21.0 Å². The fraction of sp³-hybridized carbons (Fsp3) is 0. The van der Waals surface area contributed by atoms with E-state index in [0.717, 1.165) is 26.0 Å². The standard InChI is InChI=1S/C16H7BrO2/c17-14-10-5-2-1-4-8(10)9-6-3-7-11-12(9)13(14)16(19)15(11)18/h1-7H. The van der Waals surface area contributed by atoms with E-state index < -0.39 is 11.6 Å². The van der Waals surface area contributed by atoms with Gasteiger partial charge in [0.05, 0.1) is 0 Å². The first-order valence-electron chi connectivity index (χ1n) is 5.92. The van der Waals surface area contributed by atoms with Crippen LogP contribution in [0.3, 0.4) is 0 Å². The topological polar surface area (TPSA) is 34.1 Å². The van der Waals surface area contributed by atoms with Crippen molar-refractivity contribution in [2.75, 3.05) is 0 Å². The molecule has 0 amide bonds. The lowest BCUT2D eigenvalue weighted by Crippen LogP contribution is -2.06. The molecule has 3 aromatic rings. The summed E-state index contributed by atoms with van der Waals surface area (Å²) in [6.07, 6.45) is 0. The Bertz CT molecular complexity index is 909. The number of benzene rings is 3. The molecule has 3 heteroatoms. The largest absolute Gasteiger partial charge is 0.285 e. The number of rotatable bonds is 0. The number of fused-ring (bicyclic) bond motifs is 2. The van der Waals surface area contributed by atoms with Crippen LogP contribution in [-0.4, -0.2) is 11.6 Å². The van der Waals surface area contributed by atoms with Crippen LogP contribution < -0.4 is 0 Å². The SMILES string of the molecule is O=C1C(=O)c2c(Br)c3ccccc3c3cccc1c23. The minimum absolute atomic E-state index is 0.406. The molecule has 0 aliphatic heterocycles. The molecule has 0 N–H and O–H groups in total. The Balaban J connectivity index is 2.42. The Morgan fingerprint density at radius 2 is 1.42 bits per heavy atom. The summed E-state index contributed by atoms with van der Waals surface area (Å²) in [5.74, 6) is -0.819. The average molecular weight is 311 g/mol. The molecule has 3 aromatic carbocycles. The molecule has 0 bridgehead atoms. The number of hydrogen-bond donors (Lipinski definition) is 0. The first-order valence-corrected chi connectivity index (χ1v) is 6.71. The highest BCUT2D eigenvalue weighted by molar-refractivity contribution is 9.10. The van der Waals surface area contributed by atoms with Crippen molar-refractivity contribution in [1.82, 2.24) is 0 Å². The van der Waals surface area contributed by atoms with Crippen LogP contribution in [0.1, 0.15) is 20.7 Å². The van der Waals surface area contributed by atoms with E-state index in [2.05, 4.69) is 15.9 Å². The average Bonchev–Trinajstić information content (AvgIpc) is 2.70. The smallest absolute Gasteiger partial charge is 0.235 e. The van der Waals surface area contributed by atoms with E-state index in [-0.39, 0.29) is 0 Å². The van der Waals surface area contributed by atoms with Gasteiger partial charge < -0.3 is 0 Å². The van der Waals surface area contributed by atoms with Crippen LogP contribution in [-0.2, 0) is 0 Å². The van der Waals surface area contributed by atoms with Crippen LogP contribution in [0.2, 0.25) is 0 Å². The Morgan fingerprint density at radius 3 is 2.21 bits per heavy atom. The first kappa shape index (κ1) is 10.9. The summed E-state index contributed by atoms with van der Waals surface area (Å²) in [6, 6.07) is 13.4. The second-order valence-corrected chi connectivity index (χ2v) is 5.41. The number of hydrogen-bond acceptors (Lipinski definition) is 2. The number of carbonyl (C=O) groups excluding carboxylic acids is 2. The van der Waals surface area contributed by atoms with Gasteiger partial charge in [-0.15, -0.1) is 0 Å². The van der Waals surface area contributed by atoms with Crippen LogP contribution in [0.25, 0.3) is 21.5 Å². The third-order valence-corrected chi connectivity index (χ3v) is 4.49. The summed E-state index contributed by atoms with van der Waals surface area (Å²) in [6.45, 7) is 0. The predicted molar refractivity (Wildman–Crippen MR) is 77.8 cm³/mol. The van der Waals surface area contributed by atoms with Gasteiger partial charge in [-0.2, -0.15) is 0 Å². The van der Waals surface area contributed by atoms with E-state index in [1.807, 2.05) is 36.4 Å².